The van der Waals surface area contributed by atoms with Crippen LogP contribution in [0.15, 0.2) is 0 Å². The van der Waals surface area contributed by atoms with Crippen molar-refractivity contribution in [2.75, 3.05) is 33.4 Å². The van der Waals surface area contributed by atoms with Crippen LogP contribution in [0.1, 0.15) is 19.3 Å². The first-order chi connectivity index (χ1) is 6.85. The van der Waals surface area contributed by atoms with Crippen LogP contribution >= 0.6 is 0 Å². The molecule has 2 saturated heterocycles. The maximum atomic E-state index is 5.95. The SMILES string of the molecule is COCC1(OC2CNC2)CCCCO1. The second-order valence-electron chi connectivity index (χ2n) is 4.05. The van der Waals surface area contributed by atoms with Gasteiger partial charge in [-0.1, -0.05) is 0 Å². The zero-order valence-electron chi connectivity index (χ0n) is 8.75. The van der Waals surface area contributed by atoms with Gasteiger partial charge in [-0.2, -0.15) is 0 Å². The molecule has 2 aliphatic heterocycles. The van der Waals surface area contributed by atoms with E-state index in [1.165, 1.54) is 6.42 Å². The molecule has 0 aromatic rings. The maximum Gasteiger partial charge on any atom is 0.192 e. The summed E-state index contributed by atoms with van der Waals surface area (Å²) in [7, 11) is 1.70. The van der Waals surface area contributed by atoms with Crippen LogP contribution in [0.3, 0.4) is 0 Å². The lowest BCUT2D eigenvalue weighted by Crippen LogP contribution is -2.56. The molecule has 0 radical (unpaired) electrons. The van der Waals surface area contributed by atoms with E-state index in [1.807, 2.05) is 0 Å². The molecule has 14 heavy (non-hydrogen) atoms. The summed E-state index contributed by atoms with van der Waals surface area (Å²) in [6, 6.07) is 0. The molecule has 2 rings (SSSR count). The van der Waals surface area contributed by atoms with Crippen molar-refractivity contribution in [1.82, 2.24) is 5.32 Å². The summed E-state index contributed by atoms with van der Waals surface area (Å²) < 4.78 is 16.9. The first-order valence-electron chi connectivity index (χ1n) is 5.36. The number of methoxy groups -OCH3 is 1. The second kappa shape index (κ2) is 4.57. The van der Waals surface area contributed by atoms with Crippen molar-refractivity contribution < 1.29 is 14.2 Å². The minimum absolute atomic E-state index is 0.309. The van der Waals surface area contributed by atoms with Gasteiger partial charge in [0.1, 0.15) is 6.61 Å². The van der Waals surface area contributed by atoms with Crippen molar-refractivity contribution in [3.63, 3.8) is 0 Å². The Morgan fingerprint density at radius 1 is 1.43 bits per heavy atom. The normalized spacial score (nSPS) is 34.1. The summed E-state index contributed by atoms with van der Waals surface area (Å²) in [6.07, 6.45) is 3.57. The standard InChI is InChI=1S/C10H19NO3/c1-12-8-10(4-2-3-5-13-10)14-9-6-11-7-9/h9,11H,2-8H2,1H3. The highest BCUT2D eigenvalue weighted by atomic mass is 16.7. The van der Waals surface area contributed by atoms with E-state index in [0.29, 0.717) is 12.7 Å². The van der Waals surface area contributed by atoms with Crippen molar-refractivity contribution >= 4 is 0 Å². The number of nitrogens with one attached hydrogen (secondary N) is 1. The Hall–Kier alpha value is -0.160. The van der Waals surface area contributed by atoms with Crippen LogP contribution in [0.25, 0.3) is 0 Å². The molecule has 2 aliphatic rings. The van der Waals surface area contributed by atoms with E-state index < -0.39 is 5.79 Å². The predicted octanol–water partition coefficient (Wildman–Crippen LogP) is 0.518. The molecule has 0 aromatic carbocycles. The van der Waals surface area contributed by atoms with E-state index >= 15 is 0 Å². The molecule has 1 atom stereocenters. The van der Waals surface area contributed by atoms with Crippen LogP contribution in [0.5, 0.6) is 0 Å². The lowest BCUT2D eigenvalue weighted by Gasteiger charge is -2.41. The number of hydrogen-bond acceptors (Lipinski definition) is 4. The molecule has 0 aromatic heterocycles. The minimum Gasteiger partial charge on any atom is -0.379 e. The van der Waals surface area contributed by atoms with E-state index in [-0.39, 0.29) is 0 Å². The largest absolute Gasteiger partial charge is 0.379 e. The topological polar surface area (TPSA) is 39.7 Å². The first-order valence-corrected chi connectivity index (χ1v) is 5.36. The molecule has 0 amide bonds. The quantitative estimate of drug-likeness (QED) is 0.719. The third kappa shape index (κ3) is 2.25. The average molecular weight is 201 g/mol. The summed E-state index contributed by atoms with van der Waals surface area (Å²) in [6.45, 7) is 3.22. The molecular weight excluding hydrogens is 182 g/mol. The van der Waals surface area contributed by atoms with Crippen LogP contribution in [0, 0.1) is 0 Å². The van der Waals surface area contributed by atoms with Gasteiger partial charge in [-0.05, 0) is 12.8 Å². The Morgan fingerprint density at radius 2 is 2.29 bits per heavy atom. The van der Waals surface area contributed by atoms with E-state index in [2.05, 4.69) is 5.32 Å². The third-order valence-electron chi connectivity index (χ3n) is 2.81. The molecule has 0 aliphatic carbocycles. The third-order valence-corrected chi connectivity index (χ3v) is 2.81. The van der Waals surface area contributed by atoms with Crippen LogP contribution in [-0.4, -0.2) is 45.3 Å². The molecule has 0 bridgehead atoms. The van der Waals surface area contributed by atoms with Crippen molar-refractivity contribution in [3.8, 4) is 0 Å². The second-order valence-corrected chi connectivity index (χ2v) is 4.05. The summed E-state index contributed by atoms with van der Waals surface area (Å²) >= 11 is 0. The van der Waals surface area contributed by atoms with Gasteiger partial charge in [0, 0.05) is 26.6 Å². The van der Waals surface area contributed by atoms with Gasteiger partial charge in [0.25, 0.3) is 0 Å². The highest BCUT2D eigenvalue weighted by Crippen LogP contribution is 2.28. The monoisotopic (exact) mass is 201 g/mol. The van der Waals surface area contributed by atoms with E-state index in [0.717, 1.165) is 32.5 Å². The van der Waals surface area contributed by atoms with Gasteiger partial charge < -0.3 is 19.5 Å². The highest BCUT2D eigenvalue weighted by Gasteiger charge is 2.38. The van der Waals surface area contributed by atoms with Crippen molar-refractivity contribution in [3.05, 3.63) is 0 Å². The van der Waals surface area contributed by atoms with Gasteiger partial charge in [0.05, 0.1) is 12.7 Å². The molecular formula is C10H19NO3. The number of ether oxygens (including phenoxy) is 3. The first kappa shape index (κ1) is 10.4. The Bertz CT molecular complexity index is 171. The fraction of sp³-hybridized carbons (Fsp3) is 1.00. The smallest absolute Gasteiger partial charge is 0.192 e. The average Bonchev–Trinajstić information content (AvgIpc) is 2.14. The fourth-order valence-electron chi connectivity index (χ4n) is 1.94. The predicted molar refractivity (Wildman–Crippen MR) is 52.2 cm³/mol. The van der Waals surface area contributed by atoms with Gasteiger partial charge in [0.2, 0.25) is 0 Å². The highest BCUT2D eigenvalue weighted by molar-refractivity contribution is 4.82. The molecule has 1 N–H and O–H groups in total. The van der Waals surface area contributed by atoms with Crippen LogP contribution in [-0.2, 0) is 14.2 Å². The van der Waals surface area contributed by atoms with E-state index in [1.54, 1.807) is 7.11 Å². The Kier molecular flexibility index (Phi) is 3.38. The lowest BCUT2D eigenvalue weighted by atomic mass is 10.1. The molecule has 1 unspecified atom stereocenters. The van der Waals surface area contributed by atoms with Crippen LogP contribution in [0.2, 0.25) is 0 Å². The van der Waals surface area contributed by atoms with E-state index in [9.17, 15) is 0 Å². The van der Waals surface area contributed by atoms with Crippen molar-refractivity contribution in [2.45, 2.75) is 31.2 Å². The lowest BCUT2D eigenvalue weighted by molar-refractivity contribution is -0.297. The van der Waals surface area contributed by atoms with E-state index in [4.69, 9.17) is 14.2 Å². The molecule has 0 saturated carbocycles. The minimum atomic E-state index is -0.459. The molecule has 0 spiro atoms. The van der Waals surface area contributed by atoms with Gasteiger partial charge >= 0.3 is 0 Å². The summed E-state index contributed by atoms with van der Waals surface area (Å²) in [5.41, 5.74) is 0. The van der Waals surface area contributed by atoms with Gasteiger partial charge in [-0.25, -0.2) is 0 Å². The fourth-order valence-corrected chi connectivity index (χ4v) is 1.94. The Morgan fingerprint density at radius 3 is 2.79 bits per heavy atom. The van der Waals surface area contributed by atoms with Gasteiger partial charge in [-0.3, -0.25) is 0 Å². The van der Waals surface area contributed by atoms with Crippen molar-refractivity contribution in [1.29, 1.82) is 0 Å². The molecule has 4 nitrogen and oxygen atoms in total. The van der Waals surface area contributed by atoms with Gasteiger partial charge in [-0.15, -0.1) is 0 Å². The molecule has 2 heterocycles. The van der Waals surface area contributed by atoms with Gasteiger partial charge in [0.15, 0.2) is 5.79 Å². The van der Waals surface area contributed by atoms with Crippen molar-refractivity contribution in [2.24, 2.45) is 0 Å². The summed E-state index contributed by atoms with van der Waals surface area (Å²) in [4.78, 5) is 0. The van der Waals surface area contributed by atoms with Crippen LogP contribution < -0.4 is 5.32 Å². The molecule has 2 fully saturated rings. The molecule has 4 heteroatoms. The zero-order chi connectivity index (χ0) is 9.86. The maximum absolute atomic E-state index is 5.95. The summed E-state index contributed by atoms with van der Waals surface area (Å²) in [5.74, 6) is -0.459. The Balaban J connectivity index is 1.89. The molecule has 82 valence electrons. The number of hydrogen-bond donors (Lipinski definition) is 1. The Labute approximate surface area is 84.9 Å². The number of rotatable bonds is 4. The van der Waals surface area contributed by atoms with Crippen LogP contribution in [0.4, 0.5) is 0 Å². The summed E-state index contributed by atoms with van der Waals surface area (Å²) in [5, 5.41) is 3.19. The zero-order valence-corrected chi connectivity index (χ0v) is 8.75.